The van der Waals surface area contributed by atoms with Crippen LogP contribution in [0.3, 0.4) is 0 Å². The lowest BCUT2D eigenvalue weighted by atomic mass is 10.2. The van der Waals surface area contributed by atoms with Gasteiger partial charge in [-0.05, 0) is 36.4 Å². The molecule has 1 N–H and O–H groups in total. The fourth-order valence-corrected chi connectivity index (χ4v) is 2.13. The highest BCUT2D eigenvalue weighted by Crippen LogP contribution is 2.27. The van der Waals surface area contributed by atoms with E-state index in [0.29, 0.717) is 28.2 Å². The predicted octanol–water partition coefficient (Wildman–Crippen LogP) is 3.34. The Labute approximate surface area is 143 Å². The molecule has 0 spiro atoms. The van der Waals surface area contributed by atoms with Gasteiger partial charge in [0.05, 0.1) is 6.61 Å². The monoisotopic (exact) mass is 346 g/mol. The van der Waals surface area contributed by atoms with E-state index in [9.17, 15) is 0 Å². The highest BCUT2D eigenvalue weighted by molar-refractivity contribution is 6.30. The van der Waals surface area contributed by atoms with Crippen LogP contribution in [0.15, 0.2) is 53.1 Å². The average Bonchev–Trinajstić information content (AvgIpc) is 3.08. The van der Waals surface area contributed by atoms with Crippen molar-refractivity contribution in [1.29, 1.82) is 0 Å². The number of nitrogens with zero attached hydrogens (tertiary/aromatic N) is 2. The molecule has 6 nitrogen and oxygen atoms in total. The Morgan fingerprint density at radius 1 is 1.00 bits per heavy atom. The molecule has 7 heteroatoms. The zero-order valence-electron chi connectivity index (χ0n) is 12.7. The Balaban J connectivity index is 1.66. The van der Waals surface area contributed by atoms with Gasteiger partial charge in [0.25, 0.3) is 5.89 Å². The SMILES string of the molecule is OCCOc1ccccc1OCc1noc(-c2ccc(Cl)cc2)n1. The third-order valence-corrected chi connectivity index (χ3v) is 3.37. The van der Waals surface area contributed by atoms with Crippen LogP contribution >= 0.6 is 11.6 Å². The number of aromatic nitrogens is 2. The molecule has 0 aliphatic rings. The maximum absolute atomic E-state index is 8.85. The fraction of sp³-hybridized carbons (Fsp3) is 0.176. The summed E-state index contributed by atoms with van der Waals surface area (Å²) in [6.45, 7) is 0.267. The minimum Gasteiger partial charge on any atom is -0.487 e. The van der Waals surface area contributed by atoms with Crippen LogP contribution in [0.5, 0.6) is 11.5 Å². The molecule has 0 aliphatic heterocycles. The number of aliphatic hydroxyl groups excluding tert-OH is 1. The number of hydrogen-bond acceptors (Lipinski definition) is 6. The number of rotatable bonds is 7. The van der Waals surface area contributed by atoms with E-state index in [4.69, 9.17) is 30.7 Å². The summed E-state index contributed by atoms with van der Waals surface area (Å²) in [4.78, 5) is 4.29. The van der Waals surface area contributed by atoms with Crippen LogP contribution in [0.1, 0.15) is 5.82 Å². The van der Waals surface area contributed by atoms with Crippen molar-refractivity contribution in [2.75, 3.05) is 13.2 Å². The number of ether oxygens (including phenoxy) is 2. The summed E-state index contributed by atoms with van der Waals surface area (Å²) in [5.74, 6) is 1.91. The van der Waals surface area contributed by atoms with Crippen molar-refractivity contribution in [3.63, 3.8) is 0 Å². The summed E-state index contributed by atoms with van der Waals surface area (Å²) in [5, 5.41) is 13.4. The molecule has 0 saturated heterocycles. The summed E-state index contributed by atoms with van der Waals surface area (Å²) in [7, 11) is 0. The smallest absolute Gasteiger partial charge is 0.258 e. The van der Waals surface area contributed by atoms with Gasteiger partial charge in [-0.25, -0.2) is 0 Å². The van der Waals surface area contributed by atoms with Crippen LogP contribution in [0, 0.1) is 0 Å². The molecule has 0 radical (unpaired) electrons. The van der Waals surface area contributed by atoms with Gasteiger partial charge in [0, 0.05) is 10.6 Å². The van der Waals surface area contributed by atoms with E-state index in [1.165, 1.54) is 0 Å². The maximum atomic E-state index is 8.85. The van der Waals surface area contributed by atoms with Crippen molar-refractivity contribution in [2.45, 2.75) is 6.61 Å². The third-order valence-electron chi connectivity index (χ3n) is 3.11. The van der Waals surface area contributed by atoms with Gasteiger partial charge in [-0.3, -0.25) is 0 Å². The lowest BCUT2D eigenvalue weighted by Gasteiger charge is -2.10. The fourth-order valence-electron chi connectivity index (χ4n) is 2.01. The van der Waals surface area contributed by atoms with Crippen LogP contribution in [0.2, 0.25) is 5.02 Å². The van der Waals surface area contributed by atoms with E-state index < -0.39 is 0 Å². The van der Waals surface area contributed by atoms with Crippen LogP contribution < -0.4 is 9.47 Å². The Kier molecular flexibility index (Phi) is 5.30. The summed E-state index contributed by atoms with van der Waals surface area (Å²) < 4.78 is 16.3. The molecule has 1 aromatic heterocycles. The molecule has 0 atom stereocenters. The second kappa shape index (κ2) is 7.81. The van der Waals surface area contributed by atoms with Gasteiger partial charge in [0.15, 0.2) is 18.1 Å². The first-order valence-electron chi connectivity index (χ1n) is 7.30. The van der Waals surface area contributed by atoms with Gasteiger partial charge in [-0.15, -0.1) is 0 Å². The van der Waals surface area contributed by atoms with Gasteiger partial charge in [-0.2, -0.15) is 4.98 Å². The number of hydrogen-bond donors (Lipinski definition) is 1. The molecule has 0 amide bonds. The number of halogens is 1. The molecule has 2 aromatic carbocycles. The van der Waals surface area contributed by atoms with Crippen molar-refractivity contribution in [3.8, 4) is 23.0 Å². The number of para-hydroxylation sites is 2. The van der Waals surface area contributed by atoms with Gasteiger partial charge < -0.3 is 19.1 Å². The largest absolute Gasteiger partial charge is 0.487 e. The second-order valence-electron chi connectivity index (χ2n) is 4.83. The topological polar surface area (TPSA) is 77.6 Å². The molecule has 3 aromatic rings. The van der Waals surface area contributed by atoms with E-state index in [1.807, 2.05) is 12.1 Å². The van der Waals surface area contributed by atoms with E-state index in [-0.39, 0.29) is 19.8 Å². The average molecular weight is 347 g/mol. The van der Waals surface area contributed by atoms with E-state index in [1.54, 1.807) is 36.4 Å². The Morgan fingerprint density at radius 2 is 1.71 bits per heavy atom. The minimum absolute atomic E-state index is 0.0658. The Morgan fingerprint density at radius 3 is 2.42 bits per heavy atom. The molecule has 3 rings (SSSR count). The first-order chi connectivity index (χ1) is 11.8. The lowest BCUT2D eigenvalue weighted by molar-refractivity contribution is 0.191. The summed E-state index contributed by atoms with van der Waals surface area (Å²) in [5.41, 5.74) is 0.782. The normalized spacial score (nSPS) is 10.6. The molecular formula is C17H15ClN2O4. The zero-order chi connectivity index (χ0) is 16.8. The quantitative estimate of drug-likeness (QED) is 0.707. The van der Waals surface area contributed by atoms with Gasteiger partial charge in [-0.1, -0.05) is 28.9 Å². The third kappa shape index (κ3) is 4.04. The molecule has 124 valence electrons. The van der Waals surface area contributed by atoms with Crippen molar-refractivity contribution < 1.29 is 19.1 Å². The molecule has 0 fully saturated rings. The van der Waals surface area contributed by atoms with Crippen molar-refractivity contribution in [3.05, 3.63) is 59.4 Å². The first-order valence-corrected chi connectivity index (χ1v) is 7.68. The molecular weight excluding hydrogens is 332 g/mol. The molecule has 1 heterocycles. The molecule has 0 aliphatic carbocycles. The number of benzene rings is 2. The lowest BCUT2D eigenvalue weighted by Crippen LogP contribution is -2.04. The van der Waals surface area contributed by atoms with Crippen LogP contribution in [0.25, 0.3) is 11.5 Å². The summed E-state index contributed by atoms with van der Waals surface area (Å²) in [6, 6.07) is 14.3. The Bertz CT molecular complexity index is 789. The van der Waals surface area contributed by atoms with Crippen LogP contribution in [-0.4, -0.2) is 28.5 Å². The highest BCUT2D eigenvalue weighted by atomic mass is 35.5. The van der Waals surface area contributed by atoms with Crippen molar-refractivity contribution in [1.82, 2.24) is 10.1 Å². The summed E-state index contributed by atoms with van der Waals surface area (Å²) in [6.07, 6.45) is 0. The Hall–Kier alpha value is -2.57. The molecule has 0 unspecified atom stereocenters. The second-order valence-corrected chi connectivity index (χ2v) is 5.27. The van der Waals surface area contributed by atoms with E-state index >= 15 is 0 Å². The molecule has 0 bridgehead atoms. The van der Waals surface area contributed by atoms with Crippen molar-refractivity contribution in [2.24, 2.45) is 0 Å². The summed E-state index contributed by atoms with van der Waals surface area (Å²) >= 11 is 5.86. The van der Waals surface area contributed by atoms with Gasteiger partial charge in [0.2, 0.25) is 5.82 Å². The highest BCUT2D eigenvalue weighted by Gasteiger charge is 2.11. The first kappa shape index (κ1) is 16.3. The van der Waals surface area contributed by atoms with Crippen LogP contribution in [0.4, 0.5) is 0 Å². The number of aliphatic hydroxyl groups is 1. The zero-order valence-corrected chi connectivity index (χ0v) is 13.4. The predicted molar refractivity (Wildman–Crippen MR) is 88.1 cm³/mol. The maximum Gasteiger partial charge on any atom is 0.258 e. The van der Waals surface area contributed by atoms with E-state index in [2.05, 4.69) is 10.1 Å². The minimum atomic E-state index is -0.0658. The standard InChI is InChI=1S/C17H15ClN2O4/c18-13-7-5-12(6-8-13)17-19-16(20-24-17)11-23-15-4-2-1-3-14(15)22-10-9-21/h1-8,21H,9-11H2. The van der Waals surface area contributed by atoms with E-state index in [0.717, 1.165) is 5.56 Å². The van der Waals surface area contributed by atoms with Crippen LogP contribution in [-0.2, 0) is 6.61 Å². The van der Waals surface area contributed by atoms with Gasteiger partial charge >= 0.3 is 0 Å². The molecule has 24 heavy (non-hydrogen) atoms. The van der Waals surface area contributed by atoms with Gasteiger partial charge in [0.1, 0.15) is 6.61 Å². The van der Waals surface area contributed by atoms with Crippen molar-refractivity contribution >= 4 is 11.6 Å². The molecule has 0 saturated carbocycles.